The van der Waals surface area contributed by atoms with Gasteiger partial charge in [-0.15, -0.1) is 24.0 Å². The van der Waals surface area contributed by atoms with E-state index < -0.39 is 0 Å². The number of halogens is 1. The molecule has 0 bridgehead atoms. The van der Waals surface area contributed by atoms with E-state index in [1.54, 1.807) is 0 Å². The summed E-state index contributed by atoms with van der Waals surface area (Å²) in [5.41, 5.74) is 0. The van der Waals surface area contributed by atoms with Gasteiger partial charge in [0.15, 0.2) is 5.96 Å². The molecule has 8 heteroatoms. The Morgan fingerprint density at radius 2 is 2.00 bits per heavy atom. The zero-order valence-electron chi connectivity index (χ0n) is 18.9. The molecule has 7 nitrogen and oxygen atoms in total. The average molecular weight is 521 g/mol. The lowest BCUT2D eigenvalue weighted by molar-refractivity contribution is 0.0532. The van der Waals surface area contributed by atoms with Gasteiger partial charge < -0.3 is 24.8 Å². The summed E-state index contributed by atoms with van der Waals surface area (Å²) in [7, 11) is 0. The minimum absolute atomic E-state index is 0. The van der Waals surface area contributed by atoms with Crippen LogP contribution in [0.15, 0.2) is 17.4 Å². The topological polar surface area (TPSA) is 66.7 Å². The fraction of sp³-hybridized carbons (Fsp3) is 0.810. The SMILES string of the molecule is CCNC(=NCc1nccn1CC(C)C)NC1CCN(CCOC(C)C)CC1.I. The fourth-order valence-corrected chi connectivity index (χ4v) is 3.43. The third-order valence-electron chi connectivity index (χ3n) is 4.87. The van der Waals surface area contributed by atoms with Crippen molar-refractivity contribution in [3.05, 3.63) is 18.2 Å². The van der Waals surface area contributed by atoms with Crippen LogP contribution in [0.2, 0.25) is 0 Å². The number of nitrogens with zero attached hydrogens (tertiary/aromatic N) is 4. The monoisotopic (exact) mass is 520 g/mol. The Kier molecular flexibility index (Phi) is 12.8. The second-order valence-electron chi connectivity index (χ2n) is 8.26. The Morgan fingerprint density at radius 3 is 2.62 bits per heavy atom. The smallest absolute Gasteiger partial charge is 0.191 e. The van der Waals surface area contributed by atoms with Gasteiger partial charge in [-0.25, -0.2) is 9.98 Å². The van der Waals surface area contributed by atoms with Crippen LogP contribution in [0.5, 0.6) is 0 Å². The first kappa shape index (κ1) is 26.2. The highest BCUT2D eigenvalue weighted by Gasteiger charge is 2.20. The highest BCUT2D eigenvalue weighted by Crippen LogP contribution is 2.10. The van der Waals surface area contributed by atoms with Gasteiger partial charge in [-0.2, -0.15) is 0 Å². The molecule has 1 aromatic heterocycles. The first-order chi connectivity index (χ1) is 13.5. The van der Waals surface area contributed by atoms with Gasteiger partial charge in [-0.3, -0.25) is 0 Å². The molecule has 1 aliphatic rings. The fourth-order valence-electron chi connectivity index (χ4n) is 3.43. The van der Waals surface area contributed by atoms with E-state index in [0.29, 0.717) is 24.6 Å². The number of hydrogen-bond donors (Lipinski definition) is 2. The predicted molar refractivity (Wildman–Crippen MR) is 131 cm³/mol. The zero-order valence-corrected chi connectivity index (χ0v) is 21.2. The summed E-state index contributed by atoms with van der Waals surface area (Å²) in [6.07, 6.45) is 6.49. The van der Waals surface area contributed by atoms with Crippen LogP contribution in [0.4, 0.5) is 0 Å². The Morgan fingerprint density at radius 1 is 1.28 bits per heavy atom. The van der Waals surface area contributed by atoms with Gasteiger partial charge in [0.05, 0.1) is 12.7 Å². The van der Waals surface area contributed by atoms with Crippen molar-refractivity contribution < 1.29 is 4.74 Å². The first-order valence-electron chi connectivity index (χ1n) is 10.9. The molecule has 1 saturated heterocycles. The van der Waals surface area contributed by atoms with Gasteiger partial charge in [0.2, 0.25) is 0 Å². The molecule has 0 amide bonds. The zero-order chi connectivity index (χ0) is 20.4. The standard InChI is InChI=1S/C21H40N6O.HI/c1-6-22-21(24-15-20-23-9-12-27(20)16-17(2)3)25-19-7-10-26(11-8-19)13-14-28-18(4)5;/h9,12,17-19H,6-8,10-11,13-16H2,1-5H3,(H2,22,24,25);1H. The highest BCUT2D eigenvalue weighted by molar-refractivity contribution is 14.0. The Hall–Kier alpha value is -0.870. The quantitative estimate of drug-likeness (QED) is 0.282. The molecule has 0 atom stereocenters. The van der Waals surface area contributed by atoms with E-state index in [9.17, 15) is 0 Å². The maximum Gasteiger partial charge on any atom is 0.191 e. The lowest BCUT2D eigenvalue weighted by Gasteiger charge is -2.33. The number of nitrogens with one attached hydrogen (secondary N) is 2. The molecule has 1 aliphatic heterocycles. The summed E-state index contributed by atoms with van der Waals surface area (Å²) in [4.78, 5) is 11.8. The second-order valence-corrected chi connectivity index (χ2v) is 8.26. The number of aliphatic imine (C=N–C) groups is 1. The van der Waals surface area contributed by atoms with Crippen LogP contribution < -0.4 is 10.6 Å². The minimum atomic E-state index is 0. The number of piperidine rings is 1. The van der Waals surface area contributed by atoms with Gasteiger partial charge in [0.1, 0.15) is 12.4 Å². The van der Waals surface area contributed by atoms with E-state index in [1.807, 2.05) is 12.4 Å². The van der Waals surface area contributed by atoms with E-state index in [2.05, 4.69) is 59.7 Å². The van der Waals surface area contributed by atoms with Crippen LogP contribution in [0.3, 0.4) is 0 Å². The van der Waals surface area contributed by atoms with E-state index in [-0.39, 0.29) is 24.0 Å². The van der Waals surface area contributed by atoms with Crippen LogP contribution in [0.1, 0.15) is 53.3 Å². The first-order valence-corrected chi connectivity index (χ1v) is 10.9. The normalized spacial score (nSPS) is 16.3. The van der Waals surface area contributed by atoms with Crippen molar-refractivity contribution >= 4 is 29.9 Å². The lowest BCUT2D eigenvalue weighted by Crippen LogP contribution is -2.49. The van der Waals surface area contributed by atoms with Crippen molar-refractivity contribution in [3.8, 4) is 0 Å². The molecule has 0 unspecified atom stereocenters. The van der Waals surface area contributed by atoms with Gasteiger partial charge in [-0.1, -0.05) is 13.8 Å². The van der Waals surface area contributed by atoms with Crippen molar-refractivity contribution in [1.29, 1.82) is 0 Å². The maximum absolute atomic E-state index is 5.67. The summed E-state index contributed by atoms with van der Waals surface area (Å²) in [6.45, 7) is 17.2. The third kappa shape index (κ3) is 10.1. The van der Waals surface area contributed by atoms with Crippen LogP contribution in [-0.2, 0) is 17.8 Å². The molecule has 0 spiro atoms. The summed E-state index contributed by atoms with van der Waals surface area (Å²) < 4.78 is 7.88. The molecule has 2 heterocycles. The van der Waals surface area contributed by atoms with E-state index in [4.69, 9.17) is 9.73 Å². The van der Waals surface area contributed by atoms with E-state index in [1.165, 1.54) is 0 Å². The van der Waals surface area contributed by atoms with Crippen molar-refractivity contribution in [2.75, 3.05) is 32.8 Å². The summed E-state index contributed by atoms with van der Waals surface area (Å²) >= 11 is 0. The molecule has 0 saturated carbocycles. The molecule has 0 aromatic carbocycles. The lowest BCUT2D eigenvalue weighted by atomic mass is 10.1. The molecule has 0 radical (unpaired) electrons. The van der Waals surface area contributed by atoms with Gasteiger partial charge >= 0.3 is 0 Å². The maximum atomic E-state index is 5.67. The highest BCUT2D eigenvalue weighted by atomic mass is 127. The molecular weight excluding hydrogens is 479 g/mol. The Labute approximate surface area is 194 Å². The summed E-state index contributed by atoms with van der Waals surface area (Å²) in [5.74, 6) is 2.51. The minimum Gasteiger partial charge on any atom is -0.377 e. The number of guanidine groups is 1. The number of ether oxygens (including phenoxy) is 1. The van der Waals surface area contributed by atoms with Crippen molar-refractivity contribution in [1.82, 2.24) is 25.1 Å². The number of likely N-dealkylation sites (tertiary alicyclic amines) is 1. The predicted octanol–water partition coefficient (Wildman–Crippen LogP) is 3.10. The second kappa shape index (κ2) is 14.2. The van der Waals surface area contributed by atoms with E-state index in [0.717, 1.165) is 64.0 Å². The van der Waals surface area contributed by atoms with Gasteiger partial charge in [-0.05, 0) is 39.5 Å². The molecule has 2 N–H and O–H groups in total. The van der Waals surface area contributed by atoms with Crippen molar-refractivity contribution in [2.24, 2.45) is 10.9 Å². The van der Waals surface area contributed by atoms with Gasteiger partial charge in [0, 0.05) is 51.2 Å². The molecule has 2 rings (SSSR count). The number of hydrogen-bond acceptors (Lipinski definition) is 4. The number of aromatic nitrogens is 2. The molecule has 0 aliphatic carbocycles. The van der Waals surface area contributed by atoms with Crippen LogP contribution in [0.25, 0.3) is 0 Å². The molecule has 168 valence electrons. The third-order valence-corrected chi connectivity index (χ3v) is 4.87. The van der Waals surface area contributed by atoms with Crippen LogP contribution >= 0.6 is 24.0 Å². The van der Waals surface area contributed by atoms with Crippen LogP contribution in [0, 0.1) is 5.92 Å². The molecular formula is C21H41IN6O. The average Bonchev–Trinajstić information content (AvgIpc) is 3.07. The van der Waals surface area contributed by atoms with E-state index >= 15 is 0 Å². The number of rotatable bonds is 10. The number of imidazole rings is 1. The summed E-state index contributed by atoms with van der Waals surface area (Å²) in [6, 6.07) is 0.468. The molecule has 1 aromatic rings. The summed E-state index contributed by atoms with van der Waals surface area (Å²) in [5, 5.41) is 7.00. The molecule has 29 heavy (non-hydrogen) atoms. The van der Waals surface area contributed by atoms with Crippen molar-refractivity contribution in [2.45, 2.75) is 72.7 Å². The Balaban J connectivity index is 0.00000420. The van der Waals surface area contributed by atoms with Crippen molar-refractivity contribution in [3.63, 3.8) is 0 Å². The van der Waals surface area contributed by atoms with Crippen LogP contribution in [-0.4, -0.2) is 65.3 Å². The Bertz CT molecular complexity index is 581. The van der Waals surface area contributed by atoms with Gasteiger partial charge in [0.25, 0.3) is 0 Å². The largest absolute Gasteiger partial charge is 0.377 e. The molecule has 1 fully saturated rings.